The van der Waals surface area contributed by atoms with Crippen molar-refractivity contribution < 1.29 is 4.79 Å². The van der Waals surface area contributed by atoms with Crippen LogP contribution < -0.4 is 5.32 Å². The van der Waals surface area contributed by atoms with Gasteiger partial charge < -0.3 is 5.32 Å². The van der Waals surface area contributed by atoms with Crippen LogP contribution in [0.25, 0.3) is 10.8 Å². The van der Waals surface area contributed by atoms with E-state index in [9.17, 15) is 4.79 Å². The number of carbonyl (C=O) groups excluding carboxylic acids is 1. The summed E-state index contributed by atoms with van der Waals surface area (Å²) in [6.07, 6.45) is 2.47. The first kappa shape index (κ1) is 15.7. The average molecular weight is 360 g/mol. The molecule has 1 aliphatic heterocycles. The SMILES string of the molecule is O=C1CCCC2=C1C(c1ccc(Cl)cc1)c1ccc3ccccc3c1N2. The molecule has 0 amide bonds. The van der Waals surface area contributed by atoms with Gasteiger partial charge in [0.2, 0.25) is 0 Å². The predicted molar refractivity (Wildman–Crippen MR) is 107 cm³/mol. The summed E-state index contributed by atoms with van der Waals surface area (Å²) in [6.45, 7) is 0. The average Bonchev–Trinajstić information content (AvgIpc) is 2.67. The second-order valence-electron chi connectivity index (χ2n) is 7.03. The van der Waals surface area contributed by atoms with E-state index in [-0.39, 0.29) is 11.7 Å². The molecular weight excluding hydrogens is 342 g/mol. The van der Waals surface area contributed by atoms with Gasteiger partial charge in [-0.15, -0.1) is 0 Å². The largest absolute Gasteiger partial charge is 0.358 e. The molecule has 3 heteroatoms. The minimum Gasteiger partial charge on any atom is -0.358 e. The van der Waals surface area contributed by atoms with Crippen molar-refractivity contribution >= 4 is 33.8 Å². The van der Waals surface area contributed by atoms with Crippen LogP contribution >= 0.6 is 11.6 Å². The normalized spacial score (nSPS) is 19.1. The summed E-state index contributed by atoms with van der Waals surface area (Å²) in [7, 11) is 0. The number of allylic oxidation sites excluding steroid dienone is 2. The molecule has 3 aromatic rings. The lowest BCUT2D eigenvalue weighted by molar-refractivity contribution is -0.116. The Morgan fingerprint density at radius 2 is 1.73 bits per heavy atom. The lowest BCUT2D eigenvalue weighted by Crippen LogP contribution is -2.27. The van der Waals surface area contributed by atoms with E-state index < -0.39 is 0 Å². The number of rotatable bonds is 1. The third kappa shape index (κ3) is 2.37. The first-order valence-corrected chi connectivity index (χ1v) is 9.40. The molecular formula is C23H18ClNO. The highest BCUT2D eigenvalue weighted by atomic mass is 35.5. The molecule has 0 saturated carbocycles. The van der Waals surface area contributed by atoms with Gasteiger partial charge in [0.25, 0.3) is 0 Å². The highest BCUT2D eigenvalue weighted by molar-refractivity contribution is 6.30. The number of anilines is 1. The number of ketones is 1. The standard InChI is InChI=1S/C23H18ClNO/c24-16-11-8-15(9-12-16)21-18-13-10-14-4-1-2-5-17(14)23(18)25-19-6-3-7-20(26)22(19)21/h1-2,4-5,8-13,21,25H,3,6-7H2. The lowest BCUT2D eigenvalue weighted by Gasteiger charge is -2.34. The maximum absolute atomic E-state index is 12.8. The lowest BCUT2D eigenvalue weighted by atomic mass is 9.75. The molecule has 1 aliphatic carbocycles. The molecule has 1 heterocycles. The molecule has 1 atom stereocenters. The molecule has 0 aromatic heterocycles. The highest BCUT2D eigenvalue weighted by Gasteiger charge is 2.35. The van der Waals surface area contributed by atoms with Crippen molar-refractivity contribution in [3.63, 3.8) is 0 Å². The molecule has 128 valence electrons. The third-order valence-electron chi connectivity index (χ3n) is 5.50. The van der Waals surface area contributed by atoms with Gasteiger partial charge in [0.1, 0.15) is 0 Å². The van der Waals surface area contributed by atoms with Crippen molar-refractivity contribution in [2.75, 3.05) is 5.32 Å². The van der Waals surface area contributed by atoms with Crippen molar-refractivity contribution in [1.29, 1.82) is 0 Å². The fourth-order valence-electron chi connectivity index (χ4n) is 4.30. The van der Waals surface area contributed by atoms with Crippen LogP contribution in [0.5, 0.6) is 0 Å². The second kappa shape index (κ2) is 6.00. The van der Waals surface area contributed by atoms with E-state index in [0.717, 1.165) is 35.4 Å². The molecule has 1 unspecified atom stereocenters. The number of fused-ring (bicyclic) bond motifs is 3. The molecule has 3 aromatic carbocycles. The Morgan fingerprint density at radius 3 is 2.58 bits per heavy atom. The summed E-state index contributed by atoms with van der Waals surface area (Å²) in [6, 6.07) is 20.6. The maximum Gasteiger partial charge on any atom is 0.161 e. The summed E-state index contributed by atoms with van der Waals surface area (Å²) >= 11 is 6.10. The zero-order valence-corrected chi connectivity index (χ0v) is 15.0. The Labute approximate surface area is 157 Å². The molecule has 26 heavy (non-hydrogen) atoms. The van der Waals surface area contributed by atoms with Gasteiger partial charge in [0.15, 0.2) is 5.78 Å². The monoisotopic (exact) mass is 359 g/mol. The fourth-order valence-corrected chi connectivity index (χ4v) is 4.43. The number of nitrogens with one attached hydrogen (secondary N) is 1. The van der Waals surface area contributed by atoms with Crippen LogP contribution in [-0.4, -0.2) is 5.78 Å². The molecule has 0 fully saturated rings. The quantitative estimate of drug-likeness (QED) is 0.572. The van der Waals surface area contributed by atoms with Crippen LogP contribution in [0.4, 0.5) is 5.69 Å². The Balaban J connectivity index is 1.80. The number of Topliss-reactive ketones (excluding diaryl/α,β-unsaturated/α-hetero) is 1. The smallest absolute Gasteiger partial charge is 0.161 e. The van der Waals surface area contributed by atoms with E-state index in [1.165, 1.54) is 16.3 Å². The Bertz CT molecular complexity index is 1070. The van der Waals surface area contributed by atoms with Gasteiger partial charge in [-0.3, -0.25) is 4.79 Å². The molecule has 2 nitrogen and oxygen atoms in total. The first-order chi connectivity index (χ1) is 12.7. The van der Waals surface area contributed by atoms with E-state index in [1.54, 1.807) is 0 Å². The van der Waals surface area contributed by atoms with Gasteiger partial charge >= 0.3 is 0 Å². The second-order valence-corrected chi connectivity index (χ2v) is 7.47. The minimum atomic E-state index is -0.0316. The van der Waals surface area contributed by atoms with Crippen LogP contribution in [0.15, 0.2) is 71.9 Å². The van der Waals surface area contributed by atoms with Crippen LogP contribution in [0.1, 0.15) is 36.3 Å². The topological polar surface area (TPSA) is 29.1 Å². The van der Waals surface area contributed by atoms with Crippen molar-refractivity contribution in [1.82, 2.24) is 0 Å². The first-order valence-electron chi connectivity index (χ1n) is 9.03. The van der Waals surface area contributed by atoms with Gasteiger partial charge in [-0.1, -0.05) is 60.1 Å². The van der Waals surface area contributed by atoms with Gasteiger partial charge in [-0.25, -0.2) is 0 Å². The van der Waals surface area contributed by atoms with E-state index in [4.69, 9.17) is 11.6 Å². The highest BCUT2D eigenvalue weighted by Crippen LogP contribution is 2.47. The number of carbonyl (C=O) groups is 1. The molecule has 0 bridgehead atoms. The molecule has 5 rings (SSSR count). The van der Waals surface area contributed by atoms with Crippen LogP contribution in [0.2, 0.25) is 5.02 Å². The summed E-state index contributed by atoms with van der Waals surface area (Å²) < 4.78 is 0. The van der Waals surface area contributed by atoms with Crippen molar-refractivity contribution in [3.8, 4) is 0 Å². The fraction of sp³-hybridized carbons (Fsp3) is 0.174. The van der Waals surface area contributed by atoms with Crippen molar-refractivity contribution in [2.45, 2.75) is 25.2 Å². The molecule has 0 spiro atoms. The van der Waals surface area contributed by atoms with Gasteiger partial charge in [-0.05, 0) is 41.5 Å². The zero-order chi connectivity index (χ0) is 17.7. The van der Waals surface area contributed by atoms with E-state index in [1.807, 2.05) is 24.3 Å². The number of hydrogen-bond acceptors (Lipinski definition) is 2. The van der Waals surface area contributed by atoms with Crippen LogP contribution in [0.3, 0.4) is 0 Å². The molecule has 2 aliphatic rings. The van der Waals surface area contributed by atoms with E-state index >= 15 is 0 Å². The number of halogens is 1. The summed E-state index contributed by atoms with van der Waals surface area (Å²) in [5, 5.41) is 6.74. The molecule has 0 saturated heterocycles. The zero-order valence-electron chi connectivity index (χ0n) is 14.3. The van der Waals surface area contributed by atoms with Crippen molar-refractivity contribution in [3.05, 3.63) is 88.1 Å². The van der Waals surface area contributed by atoms with Gasteiger partial charge in [0.05, 0.1) is 5.69 Å². The van der Waals surface area contributed by atoms with Crippen molar-refractivity contribution in [2.24, 2.45) is 0 Å². The molecule has 1 N–H and O–H groups in total. The van der Waals surface area contributed by atoms with E-state index in [0.29, 0.717) is 11.4 Å². The summed E-state index contributed by atoms with van der Waals surface area (Å²) in [5.74, 6) is 0.230. The summed E-state index contributed by atoms with van der Waals surface area (Å²) in [4.78, 5) is 12.8. The summed E-state index contributed by atoms with van der Waals surface area (Å²) in [5.41, 5.74) is 5.44. The number of hydrogen-bond donors (Lipinski definition) is 1. The predicted octanol–water partition coefficient (Wildman–Crippen LogP) is 6.06. The third-order valence-corrected chi connectivity index (χ3v) is 5.75. The Morgan fingerprint density at radius 1 is 0.923 bits per heavy atom. The Kier molecular flexibility index (Phi) is 3.61. The minimum absolute atomic E-state index is 0.0316. The molecule has 0 radical (unpaired) electrons. The van der Waals surface area contributed by atoms with Gasteiger partial charge in [0, 0.05) is 34.0 Å². The van der Waals surface area contributed by atoms with Gasteiger partial charge in [-0.2, -0.15) is 0 Å². The van der Waals surface area contributed by atoms with Crippen LogP contribution in [0, 0.1) is 0 Å². The number of benzene rings is 3. The van der Waals surface area contributed by atoms with Crippen LogP contribution in [-0.2, 0) is 4.79 Å². The van der Waals surface area contributed by atoms with E-state index in [2.05, 4.69) is 41.7 Å². The Hall–Kier alpha value is -2.58. The maximum atomic E-state index is 12.8.